The van der Waals surface area contributed by atoms with E-state index in [1.54, 1.807) is 0 Å². The number of nitrogens with one attached hydrogen (secondary N) is 1. The molecule has 96 valence electrons. The van der Waals surface area contributed by atoms with Crippen LogP contribution in [0.15, 0.2) is 48.8 Å². The standard InChI is InChI=1S/C15H16N4/c1-12-14(19-9-5-3-7-15(19)18-12)11-16-10-13-6-2-4-8-17-13/h2-9,16H,10-11H2,1H3. The second-order valence-electron chi connectivity index (χ2n) is 4.50. The minimum absolute atomic E-state index is 0.764. The van der Waals surface area contributed by atoms with E-state index in [-0.39, 0.29) is 0 Å². The summed E-state index contributed by atoms with van der Waals surface area (Å²) < 4.78 is 2.13. The molecule has 0 aliphatic carbocycles. The molecule has 0 fully saturated rings. The number of hydrogen-bond donors (Lipinski definition) is 1. The third kappa shape index (κ3) is 2.48. The quantitative estimate of drug-likeness (QED) is 0.775. The van der Waals surface area contributed by atoms with Gasteiger partial charge in [-0.05, 0) is 31.2 Å². The Kier molecular flexibility index (Phi) is 3.25. The smallest absolute Gasteiger partial charge is 0.137 e. The number of rotatable bonds is 4. The van der Waals surface area contributed by atoms with Crippen LogP contribution < -0.4 is 5.32 Å². The average Bonchev–Trinajstić information content (AvgIpc) is 2.76. The first-order valence-corrected chi connectivity index (χ1v) is 6.38. The topological polar surface area (TPSA) is 42.2 Å². The van der Waals surface area contributed by atoms with E-state index in [1.807, 2.05) is 55.7 Å². The van der Waals surface area contributed by atoms with Crippen molar-refractivity contribution in [1.29, 1.82) is 0 Å². The SMILES string of the molecule is Cc1nc2ccccn2c1CNCc1ccccn1. The molecule has 0 radical (unpaired) electrons. The lowest BCUT2D eigenvalue weighted by Gasteiger charge is -2.05. The van der Waals surface area contributed by atoms with Crippen LogP contribution in [-0.2, 0) is 13.1 Å². The lowest BCUT2D eigenvalue weighted by molar-refractivity contribution is 0.660. The molecule has 0 amide bonds. The zero-order chi connectivity index (χ0) is 13.1. The van der Waals surface area contributed by atoms with E-state index in [0.717, 1.165) is 30.1 Å². The van der Waals surface area contributed by atoms with Crippen molar-refractivity contribution in [2.24, 2.45) is 0 Å². The van der Waals surface area contributed by atoms with Crippen LogP contribution in [0.25, 0.3) is 5.65 Å². The Morgan fingerprint density at radius 1 is 1.11 bits per heavy atom. The molecular weight excluding hydrogens is 236 g/mol. The maximum Gasteiger partial charge on any atom is 0.137 e. The summed E-state index contributed by atoms with van der Waals surface area (Å²) in [5, 5.41) is 3.41. The van der Waals surface area contributed by atoms with Crippen molar-refractivity contribution in [3.05, 3.63) is 65.9 Å². The molecule has 0 spiro atoms. The van der Waals surface area contributed by atoms with E-state index >= 15 is 0 Å². The van der Waals surface area contributed by atoms with Crippen molar-refractivity contribution in [3.63, 3.8) is 0 Å². The molecule has 3 aromatic heterocycles. The summed E-state index contributed by atoms with van der Waals surface area (Å²) in [7, 11) is 0. The van der Waals surface area contributed by atoms with E-state index in [4.69, 9.17) is 0 Å². The molecule has 3 aromatic rings. The van der Waals surface area contributed by atoms with Crippen LogP contribution in [-0.4, -0.2) is 14.4 Å². The predicted octanol–water partition coefficient (Wildman–Crippen LogP) is 2.33. The van der Waals surface area contributed by atoms with Crippen molar-refractivity contribution in [2.75, 3.05) is 0 Å². The summed E-state index contributed by atoms with van der Waals surface area (Å²) >= 11 is 0. The third-order valence-corrected chi connectivity index (χ3v) is 3.15. The van der Waals surface area contributed by atoms with Crippen molar-refractivity contribution in [3.8, 4) is 0 Å². The second kappa shape index (κ2) is 5.20. The van der Waals surface area contributed by atoms with Crippen molar-refractivity contribution in [1.82, 2.24) is 19.7 Å². The Morgan fingerprint density at radius 2 is 2.00 bits per heavy atom. The zero-order valence-electron chi connectivity index (χ0n) is 10.9. The fourth-order valence-corrected chi connectivity index (χ4v) is 2.19. The lowest BCUT2D eigenvalue weighted by Crippen LogP contribution is -2.15. The summed E-state index contributed by atoms with van der Waals surface area (Å²) in [4.78, 5) is 8.84. The second-order valence-corrected chi connectivity index (χ2v) is 4.50. The number of nitrogens with zero attached hydrogens (tertiary/aromatic N) is 3. The van der Waals surface area contributed by atoms with Gasteiger partial charge in [0.1, 0.15) is 5.65 Å². The molecule has 0 aromatic carbocycles. The Balaban J connectivity index is 1.73. The predicted molar refractivity (Wildman–Crippen MR) is 74.7 cm³/mol. The monoisotopic (exact) mass is 252 g/mol. The summed E-state index contributed by atoms with van der Waals surface area (Å²) in [6.07, 6.45) is 3.86. The summed E-state index contributed by atoms with van der Waals surface area (Å²) in [5.41, 5.74) is 4.31. The van der Waals surface area contributed by atoms with Crippen LogP contribution in [0.3, 0.4) is 0 Å². The van der Waals surface area contributed by atoms with Gasteiger partial charge in [0.25, 0.3) is 0 Å². The van der Waals surface area contributed by atoms with E-state index in [2.05, 4.69) is 19.7 Å². The number of fused-ring (bicyclic) bond motifs is 1. The molecule has 4 nitrogen and oxygen atoms in total. The molecule has 0 aliphatic heterocycles. The number of imidazole rings is 1. The van der Waals surface area contributed by atoms with Gasteiger partial charge < -0.3 is 9.72 Å². The van der Waals surface area contributed by atoms with Crippen LogP contribution in [0.5, 0.6) is 0 Å². The molecule has 3 rings (SSSR count). The van der Waals surface area contributed by atoms with Gasteiger partial charge in [-0.2, -0.15) is 0 Å². The van der Waals surface area contributed by atoms with Crippen LogP contribution in [0, 0.1) is 6.92 Å². The molecule has 0 saturated carbocycles. The number of hydrogen-bond acceptors (Lipinski definition) is 3. The molecule has 0 saturated heterocycles. The first-order valence-electron chi connectivity index (χ1n) is 6.38. The number of aryl methyl sites for hydroxylation is 1. The van der Waals surface area contributed by atoms with Crippen LogP contribution in [0.4, 0.5) is 0 Å². The molecule has 3 heterocycles. The minimum Gasteiger partial charge on any atom is -0.305 e. The molecule has 0 aliphatic rings. The molecule has 1 N–H and O–H groups in total. The first kappa shape index (κ1) is 11.9. The molecule has 0 unspecified atom stereocenters. The number of aromatic nitrogens is 3. The Morgan fingerprint density at radius 3 is 2.84 bits per heavy atom. The van der Waals surface area contributed by atoms with E-state index in [9.17, 15) is 0 Å². The fraction of sp³-hybridized carbons (Fsp3) is 0.200. The van der Waals surface area contributed by atoms with Gasteiger partial charge in [-0.3, -0.25) is 4.98 Å². The van der Waals surface area contributed by atoms with Crippen LogP contribution in [0.2, 0.25) is 0 Å². The average molecular weight is 252 g/mol. The minimum atomic E-state index is 0.764. The number of pyridine rings is 2. The van der Waals surface area contributed by atoms with Gasteiger partial charge in [0.15, 0.2) is 0 Å². The van der Waals surface area contributed by atoms with Crippen molar-refractivity contribution >= 4 is 5.65 Å². The van der Waals surface area contributed by atoms with Gasteiger partial charge in [0.05, 0.1) is 17.1 Å². The van der Waals surface area contributed by atoms with Crippen LogP contribution in [0.1, 0.15) is 17.1 Å². The summed E-state index contributed by atoms with van der Waals surface area (Å²) in [6.45, 7) is 3.60. The molecule has 19 heavy (non-hydrogen) atoms. The Bertz CT molecular complexity index is 673. The van der Waals surface area contributed by atoms with E-state index < -0.39 is 0 Å². The molecule has 0 bridgehead atoms. The molecular formula is C15H16N4. The summed E-state index contributed by atoms with van der Waals surface area (Å²) in [6, 6.07) is 12.0. The van der Waals surface area contributed by atoms with Crippen molar-refractivity contribution in [2.45, 2.75) is 20.0 Å². The van der Waals surface area contributed by atoms with E-state index in [1.165, 1.54) is 5.69 Å². The van der Waals surface area contributed by atoms with Gasteiger partial charge in [0.2, 0.25) is 0 Å². The van der Waals surface area contributed by atoms with Crippen molar-refractivity contribution < 1.29 is 0 Å². The van der Waals surface area contributed by atoms with Gasteiger partial charge in [-0.1, -0.05) is 12.1 Å². The Hall–Kier alpha value is -2.20. The normalized spacial score (nSPS) is 11.0. The van der Waals surface area contributed by atoms with Crippen LogP contribution >= 0.6 is 0 Å². The van der Waals surface area contributed by atoms with Gasteiger partial charge in [0, 0.05) is 25.5 Å². The highest BCUT2D eigenvalue weighted by molar-refractivity contribution is 5.42. The zero-order valence-corrected chi connectivity index (χ0v) is 10.9. The maximum atomic E-state index is 4.55. The highest BCUT2D eigenvalue weighted by Gasteiger charge is 2.07. The molecule has 0 atom stereocenters. The maximum absolute atomic E-state index is 4.55. The third-order valence-electron chi connectivity index (χ3n) is 3.15. The van der Waals surface area contributed by atoms with E-state index in [0.29, 0.717) is 0 Å². The summed E-state index contributed by atoms with van der Waals surface area (Å²) in [5.74, 6) is 0. The lowest BCUT2D eigenvalue weighted by atomic mass is 10.3. The first-order chi connectivity index (χ1) is 9.34. The van der Waals surface area contributed by atoms with Gasteiger partial charge in [-0.15, -0.1) is 0 Å². The molecule has 4 heteroatoms. The van der Waals surface area contributed by atoms with Gasteiger partial charge in [-0.25, -0.2) is 4.98 Å². The van der Waals surface area contributed by atoms with Gasteiger partial charge >= 0.3 is 0 Å². The highest BCUT2D eigenvalue weighted by Crippen LogP contribution is 2.11. The Labute approximate surface area is 112 Å². The largest absolute Gasteiger partial charge is 0.305 e. The fourth-order valence-electron chi connectivity index (χ4n) is 2.19. The highest BCUT2D eigenvalue weighted by atomic mass is 15.0.